The number of hydrogen-bond donors (Lipinski definition) is 1. The highest BCUT2D eigenvalue weighted by Crippen LogP contribution is 2.45. The molecule has 0 bridgehead atoms. The van der Waals surface area contributed by atoms with Gasteiger partial charge in [0.15, 0.2) is 5.41 Å². The lowest BCUT2D eigenvalue weighted by molar-refractivity contribution is -0.266. The number of halogens is 3. The Labute approximate surface area is 212 Å². The first kappa shape index (κ1) is 26.7. The number of carbonyl (C=O) groups excluding carboxylic acids is 3. The number of esters is 1. The van der Waals surface area contributed by atoms with Crippen LogP contribution in [0.2, 0.25) is 0 Å². The van der Waals surface area contributed by atoms with Crippen LogP contribution in [0.5, 0.6) is 0 Å². The van der Waals surface area contributed by atoms with Crippen LogP contribution in [0.3, 0.4) is 0 Å². The molecule has 4 rings (SSSR count). The first-order chi connectivity index (χ1) is 17.6. The number of nitrogens with zero attached hydrogens (tertiary/aromatic N) is 1. The maximum atomic E-state index is 14.4. The van der Waals surface area contributed by atoms with Crippen molar-refractivity contribution in [2.24, 2.45) is 5.41 Å². The van der Waals surface area contributed by atoms with Crippen molar-refractivity contribution in [2.45, 2.75) is 49.5 Å². The molecule has 1 N–H and O–H groups in total. The SMILES string of the molecule is COC(=O)[C@]1(Cc2ccccc2)C[C@H]2[C@H](NC(=O)[C@](OC)(c3ccccc3)C(F)(F)F)CCCN2C1=O. The lowest BCUT2D eigenvalue weighted by Crippen LogP contribution is -2.61. The van der Waals surface area contributed by atoms with Crippen LogP contribution in [-0.4, -0.2) is 61.7 Å². The quantitative estimate of drug-likeness (QED) is 0.449. The van der Waals surface area contributed by atoms with Crippen LogP contribution in [0, 0.1) is 5.41 Å². The molecule has 10 heteroatoms. The fourth-order valence-electron chi connectivity index (χ4n) is 5.67. The topological polar surface area (TPSA) is 84.9 Å². The van der Waals surface area contributed by atoms with Crippen LogP contribution >= 0.6 is 0 Å². The molecular weight excluding hydrogens is 489 g/mol. The van der Waals surface area contributed by atoms with Gasteiger partial charge in [0, 0.05) is 25.3 Å². The van der Waals surface area contributed by atoms with E-state index in [0.717, 1.165) is 12.7 Å². The molecule has 0 aliphatic carbocycles. The summed E-state index contributed by atoms with van der Waals surface area (Å²) >= 11 is 0. The predicted octanol–water partition coefficient (Wildman–Crippen LogP) is 3.37. The third-order valence-electron chi connectivity index (χ3n) is 7.45. The summed E-state index contributed by atoms with van der Waals surface area (Å²) in [5, 5.41) is 2.54. The van der Waals surface area contributed by atoms with Gasteiger partial charge in [-0.15, -0.1) is 0 Å². The van der Waals surface area contributed by atoms with Gasteiger partial charge < -0.3 is 19.7 Å². The molecule has 0 aromatic heterocycles. The van der Waals surface area contributed by atoms with Gasteiger partial charge in [0.05, 0.1) is 13.2 Å². The molecule has 2 aromatic carbocycles. The van der Waals surface area contributed by atoms with E-state index >= 15 is 0 Å². The number of fused-ring (bicyclic) bond motifs is 1. The van der Waals surface area contributed by atoms with Crippen molar-refractivity contribution in [3.8, 4) is 0 Å². The highest BCUT2D eigenvalue weighted by Gasteiger charge is 2.64. The molecule has 2 aliphatic heterocycles. The van der Waals surface area contributed by atoms with Crippen molar-refractivity contribution in [2.75, 3.05) is 20.8 Å². The Bertz CT molecular complexity index is 1140. The van der Waals surface area contributed by atoms with E-state index in [2.05, 4.69) is 5.32 Å². The number of nitrogens with one attached hydrogen (secondary N) is 1. The Hall–Kier alpha value is -3.40. The number of carbonyl (C=O) groups is 3. The molecular formula is C27H29F3N2O5. The Morgan fingerprint density at radius 3 is 2.24 bits per heavy atom. The second-order valence-electron chi connectivity index (χ2n) is 9.48. The van der Waals surface area contributed by atoms with Gasteiger partial charge in [-0.2, -0.15) is 13.2 Å². The molecule has 0 spiro atoms. The maximum absolute atomic E-state index is 14.4. The van der Waals surface area contributed by atoms with Gasteiger partial charge in [0.2, 0.25) is 5.91 Å². The van der Waals surface area contributed by atoms with E-state index in [1.54, 1.807) is 30.3 Å². The van der Waals surface area contributed by atoms with Crippen LogP contribution in [0.1, 0.15) is 30.4 Å². The van der Waals surface area contributed by atoms with Crippen molar-refractivity contribution in [3.63, 3.8) is 0 Å². The number of methoxy groups -OCH3 is 2. The average molecular weight is 519 g/mol. The van der Waals surface area contributed by atoms with Gasteiger partial charge in [-0.3, -0.25) is 14.4 Å². The van der Waals surface area contributed by atoms with Crippen molar-refractivity contribution < 1.29 is 37.0 Å². The maximum Gasteiger partial charge on any atom is 0.430 e. The second-order valence-corrected chi connectivity index (χ2v) is 9.48. The summed E-state index contributed by atoms with van der Waals surface area (Å²) in [6.45, 7) is 0.330. The van der Waals surface area contributed by atoms with Crippen LogP contribution in [0.15, 0.2) is 60.7 Å². The zero-order valence-electron chi connectivity index (χ0n) is 20.6. The van der Waals surface area contributed by atoms with Gasteiger partial charge in [-0.05, 0) is 31.2 Å². The van der Waals surface area contributed by atoms with E-state index in [-0.39, 0.29) is 18.4 Å². The molecule has 2 amide bonds. The summed E-state index contributed by atoms with van der Waals surface area (Å²) in [5.74, 6) is -2.51. The van der Waals surface area contributed by atoms with Crippen molar-refractivity contribution in [3.05, 3.63) is 71.8 Å². The molecule has 2 aliphatic rings. The number of alkyl halides is 3. The highest BCUT2D eigenvalue weighted by molar-refractivity contribution is 6.05. The van der Waals surface area contributed by atoms with E-state index < -0.39 is 47.1 Å². The third kappa shape index (κ3) is 4.47. The lowest BCUT2D eigenvalue weighted by atomic mass is 9.77. The summed E-state index contributed by atoms with van der Waals surface area (Å²) in [4.78, 5) is 41.5. The Kier molecular flexibility index (Phi) is 7.32. The third-order valence-corrected chi connectivity index (χ3v) is 7.45. The summed E-state index contributed by atoms with van der Waals surface area (Å²) < 4.78 is 53.1. The smallest absolute Gasteiger partial charge is 0.430 e. The largest absolute Gasteiger partial charge is 0.468 e. The zero-order chi connectivity index (χ0) is 26.8. The minimum atomic E-state index is -5.06. The Morgan fingerprint density at radius 1 is 1.05 bits per heavy atom. The minimum Gasteiger partial charge on any atom is -0.468 e. The van der Waals surface area contributed by atoms with Gasteiger partial charge in [0.1, 0.15) is 0 Å². The number of ether oxygens (including phenoxy) is 2. The van der Waals surface area contributed by atoms with Crippen LogP contribution in [0.4, 0.5) is 13.2 Å². The molecule has 0 radical (unpaired) electrons. The molecule has 37 heavy (non-hydrogen) atoms. The standard InChI is InChI=1S/C27H29F3N2O5/c1-36-24(35)25(16-18-10-5-3-6-11-18)17-21-20(14-9-15-32(21)23(25)34)31-22(33)26(37-2,27(28,29)30)19-12-7-4-8-13-19/h3-8,10-13,20-21H,9,14-17H2,1-2H3,(H,31,33)/t20-,21+,25-,26-/m1/s1. The van der Waals surface area contributed by atoms with Gasteiger partial charge in [-0.25, -0.2) is 0 Å². The average Bonchev–Trinajstić information content (AvgIpc) is 3.18. The fraction of sp³-hybridized carbons (Fsp3) is 0.444. The number of hydrogen-bond acceptors (Lipinski definition) is 5. The molecule has 2 aromatic rings. The Morgan fingerprint density at radius 2 is 1.68 bits per heavy atom. The lowest BCUT2D eigenvalue weighted by Gasteiger charge is -2.40. The summed E-state index contributed by atoms with van der Waals surface area (Å²) in [7, 11) is 2.05. The van der Waals surface area contributed by atoms with Gasteiger partial charge in [-0.1, -0.05) is 60.7 Å². The van der Waals surface area contributed by atoms with Crippen LogP contribution < -0.4 is 5.32 Å². The molecule has 198 valence electrons. The number of rotatable bonds is 7. The highest BCUT2D eigenvalue weighted by atomic mass is 19.4. The summed E-state index contributed by atoms with van der Waals surface area (Å²) in [6.07, 6.45) is -4.17. The van der Waals surface area contributed by atoms with Gasteiger partial charge in [0.25, 0.3) is 11.5 Å². The van der Waals surface area contributed by atoms with E-state index in [9.17, 15) is 27.6 Å². The molecule has 0 unspecified atom stereocenters. The van der Waals surface area contributed by atoms with E-state index in [1.165, 1.54) is 36.3 Å². The van der Waals surface area contributed by atoms with Crippen molar-refractivity contribution in [1.82, 2.24) is 10.2 Å². The van der Waals surface area contributed by atoms with Crippen molar-refractivity contribution >= 4 is 17.8 Å². The summed E-state index contributed by atoms with van der Waals surface area (Å²) in [6, 6.07) is 14.2. The number of amides is 2. The first-order valence-electron chi connectivity index (χ1n) is 12.0. The monoisotopic (exact) mass is 518 g/mol. The molecule has 0 saturated carbocycles. The van der Waals surface area contributed by atoms with Crippen LogP contribution in [0.25, 0.3) is 0 Å². The molecule has 7 nitrogen and oxygen atoms in total. The van der Waals surface area contributed by atoms with E-state index in [4.69, 9.17) is 9.47 Å². The normalized spacial score (nSPS) is 25.2. The first-order valence-corrected chi connectivity index (χ1v) is 12.0. The minimum absolute atomic E-state index is 0.00961. The van der Waals surface area contributed by atoms with Crippen molar-refractivity contribution in [1.29, 1.82) is 0 Å². The summed E-state index contributed by atoms with van der Waals surface area (Å²) in [5.41, 5.74) is -4.37. The molecule has 2 fully saturated rings. The molecule has 4 atom stereocenters. The zero-order valence-corrected chi connectivity index (χ0v) is 20.6. The van der Waals surface area contributed by atoms with E-state index in [0.29, 0.717) is 19.4 Å². The van der Waals surface area contributed by atoms with Crippen LogP contribution in [-0.2, 0) is 35.9 Å². The van der Waals surface area contributed by atoms with Gasteiger partial charge >= 0.3 is 12.1 Å². The predicted molar refractivity (Wildman–Crippen MR) is 127 cm³/mol. The number of piperidine rings is 1. The Balaban J connectivity index is 1.67. The second kappa shape index (κ2) is 10.2. The molecule has 2 saturated heterocycles. The fourth-order valence-corrected chi connectivity index (χ4v) is 5.67. The van der Waals surface area contributed by atoms with E-state index in [1.807, 2.05) is 6.07 Å². The molecule has 2 heterocycles. The number of benzene rings is 2.